The van der Waals surface area contributed by atoms with Crippen LogP contribution in [0.4, 0.5) is 5.69 Å². The van der Waals surface area contributed by atoms with Gasteiger partial charge in [0.25, 0.3) is 0 Å². The number of piperazine rings is 1. The first-order valence-electron chi connectivity index (χ1n) is 6.71. The van der Waals surface area contributed by atoms with Gasteiger partial charge in [0.2, 0.25) is 11.8 Å². The Morgan fingerprint density at radius 2 is 2.35 bits per heavy atom. The summed E-state index contributed by atoms with van der Waals surface area (Å²) in [5, 5.41) is 5.61. The van der Waals surface area contributed by atoms with Crippen LogP contribution in [0.1, 0.15) is 12.5 Å². The molecule has 2 rings (SSSR count). The number of nitrogens with zero attached hydrogens (tertiary/aromatic N) is 1. The van der Waals surface area contributed by atoms with Crippen LogP contribution in [0, 0.1) is 0 Å². The number of rotatable bonds is 4. The third-order valence-corrected chi connectivity index (χ3v) is 3.42. The highest BCUT2D eigenvalue weighted by atomic mass is 16.2. The average Bonchev–Trinajstić information content (AvgIpc) is 2.44. The second-order valence-corrected chi connectivity index (χ2v) is 4.89. The number of amides is 2. The Hall–Kier alpha value is -1.92. The highest BCUT2D eigenvalue weighted by molar-refractivity contribution is 5.93. The van der Waals surface area contributed by atoms with Gasteiger partial charge in [-0.3, -0.25) is 14.5 Å². The summed E-state index contributed by atoms with van der Waals surface area (Å²) in [5.74, 6) is -0.157. The van der Waals surface area contributed by atoms with E-state index in [9.17, 15) is 9.59 Å². The van der Waals surface area contributed by atoms with Crippen LogP contribution in [-0.2, 0) is 16.1 Å². The molecule has 2 amide bonds. The van der Waals surface area contributed by atoms with Crippen molar-refractivity contribution in [2.75, 3.05) is 25.0 Å². The van der Waals surface area contributed by atoms with Crippen molar-refractivity contribution in [3.8, 4) is 0 Å². The maximum atomic E-state index is 12.0. The molecule has 0 aliphatic carbocycles. The van der Waals surface area contributed by atoms with E-state index in [2.05, 4.69) is 10.6 Å². The number of hydrogen-bond donors (Lipinski definition) is 3. The Labute approximate surface area is 118 Å². The number of nitrogens with one attached hydrogen (secondary N) is 2. The molecule has 1 fully saturated rings. The SMILES string of the molecule is CC1C(=O)NCCN1CC(=O)Nc1cccc(CN)c1. The molecule has 6 nitrogen and oxygen atoms in total. The van der Waals surface area contributed by atoms with E-state index < -0.39 is 0 Å². The summed E-state index contributed by atoms with van der Waals surface area (Å²) in [4.78, 5) is 25.4. The smallest absolute Gasteiger partial charge is 0.238 e. The van der Waals surface area contributed by atoms with Gasteiger partial charge in [0.05, 0.1) is 12.6 Å². The molecule has 0 saturated carbocycles. The van der Waals surface area contributed by atoms with Gasteiger partial charge in [-0.15, -0.1) is 0 Å². The normalized spacial score (nSPS) is 19.5. The van der Waals surface area contributed by atoms with Crippen molar-refractivity contribution >= 4 is 17.5 Å². The molecule has 108 valence electrons. The van der Waals surface area contributed by atoms with E-state index >= 15 is 0 Å². The van der Waals surface area contributed by atoms with E-state index in [0.717, 1.165) is 11.3 Å². The van der Waals surface area contributed by atoms with E-state index in [1.54, 1.807) is 6.92 Å². The number of nitrogens with two attached hydrogens (primary N) is 1. The minimum absolute atomic E-state index is 0.0332. The fourth-order valence-electron chi connectivity index (χ4n) is 2.21. The lowest BCUT2D eigenvalue weighted by molar-refractivity contribution is -0.129. The van der Waals surface area contributed by atoms with Crippen LogP contribution in [0.15, 0.2) is 24.3 Å². The number of carbonyl (C=O) groups is 2. The summed E-state index contributed by atoms with van der Waals surface area (Å²) < 4.78 is 0. The summed E-state index contributed by atoms with van der Waals surface area (Å²) in [6, 6.07) is 7.17. The summed E-state index contributed by atoms with van der Waals surface area (Å²) in [6.07, 6.45) is 0. The molecule has 20 heavy (non-hydrogen) atoms. The molecule has 1 unspecified atom stereocenters. The van der Waals surface area contributed by atoms with Crippen molar-refractivity contribution in [2.24, 2.45) is 5.73 Å². The molecule has 0 radical (unpaired) electrons. The van der Waals surface area contributed by atoms with E-state index in [1.807, 2.05) is 29.2 Å². The van der Waals surface area contributed by atoms with Gasteiger partial charge in [0.1, 0.15) is 0 Å². The summed E-state index contributed by atoms with van der Waals surface area (Å²) in [6.45, 7) is 3.72. The van der Waals surface area contributed by atoms with Gasteiger partial charge in [0, 0.05) is 25.3 Å². The van der Waals surface area contributed by atoms with Crippen LogP contribution in [0.25, 0.3) is 0 Å². The van der Waals surface area contributed by atoms with Crippen molar-refractivity contribution in [1.29, 1.82) is 0 Å². The number of hydrogen-bond acceptors (Lipinski definition) is 4. The predicted octanol–water partition coefficient (Wildman–Crippen LogP) is -0.0959. The van der Waals surface area contributed by atoms with Crippen LogP contribution in [0.5, 0.6) is 0 Å². The Balaban J connectivity index is 1.93. The van der Waals surface area contributed by atoms with Crippen LogP contribution in [0.2, 0.25) is 0 Å². The summed E-state index contributed by atoms with van der Waals surface area (Å²) in [5.41, 5.74) is 7.26. The topological polar surface area (TPSA) is 87.5 Å². The molecule has 1 aromatic carbocycles. The first-order valence-corrected chi connectivity index (χ1v) is 6.71. The zero-order valence-corrected chi connectivity index (χ0v) is 11.6. The van der Waals surface area contributed by atoms with Gasteiger partial charge >= 0.3 is 0 Å². The molecule has 1 atom stereocenters. The first kappa shape index (κ1) is 14.5. The zero-order chi connectivity index (χ0) is 14.5. The lowest BCUT2D eigenvalue weighted by Crippen LogP contribution is -2.55. The first-order chi connectivity index (χ1) is 9.60. The van der Waals surface area contributed by atoms with E-state index in [1.165, 1.54) is 0 Å². The Bertz CT molecular complexity index is 504. The third-order valence-electron chi connectivity index (χ3n) is 3.42. The van der Waals surface area contributed by atoms with E-state index in [4.69, 9.17) is 5.73 Å². The van der Waals surface area contributed by atoms with E-state index in [-0.39, 0.29) is 24.4 Å². The van der Waals surface area contributed by atoms with Crippen molar-refractivity contribution in [3.63, 3.8) is 0 Å². The van der Waals surface area contributed by atoms with Crippen LogP contribution in [0.3, 0.4) is 0 Å². The van der Waals surface area contributed by atoms with Gasteiger partial charge in [0.15, 0.2) is 0 Å². The quantitative estimate of drug-likeness (QED) is 0.717. The maximum absolute atomic E-state index is 12.0. The third kappa shape index (κ3) is 3.55. The Morgan fingerprint density at radius 1 is 1.55 bits per heavy atom. The van der Waals surface area contributed by atoms with E-state index in [0.29, 0.717) is 19.6 Å². The number of anilines is 1. The van der Waals surface area contributed by atoms with Crippen LogP contribution < -0.4 is 16.4 Å². The van der Waals surface area contributed by atoms with Gasteiger partial charge < -0.3 is 16.4 Å². The lowest BCUT2D eigenvalue weighted by atomic mass is 10.2. The van der Waals surface area contributed by atoms with Crippen molar-refractivity contribution < 1.29 is 9.59 Å². The molecule has 0 spiro atoms. The molecule has 1 saturated heterocycles. The lowest BCUT2D eigenvalue weighted by Gasteiger charge is -2.31. The molecule has 0 bridgehead atoms. The molecule has 1 aromatic rings. The number of benzene rings is 1. The van der Waals surface area contributed by atoms with Crippen molar-refractivity contribution in [3.05, 3.63) is 29.8 Å². The summed E-state index contributed by atoms with van der Waals surface area (Å²) >= 11 is 0. The standard InChI is InChI=1S/C14H20N4O2/c1-10-14(20)16-5-6-18(10)9-13(19)17-12-4-2-3-11(7-12)8-15/h2-4,7,10H,5-6,8-9,15H2,1H3,(H,16,20)(H,17,19). The maximum Gasteiger partial charge on any atom is 0.238 e. The molecule has 1 aliphatic heterocycles. The van der Waals surface area contributed by atoms with Crippen LogP contribution >= 0.6 is 0 Å². The minimum Gasteiger partial charge on any atom is -0.353 e. The monoisotopic (exact) mass is 276 g/mol. The molecule has 1 heterocycles. The zero-order valence-electron chi connectivity index (χ0n) is 11.6. The minimum atomic E-state index is -0.273. The highest BCUT2D eigenvalue weighted by Gasteiger charge is 2.26. The Kier molecular flexibility index (Phi) is 4.70. The second-order valence-electron chi connectivity index (χ2n) is 4.89. The van der Waals surface area contributed by atoms with Gasteiger partial charge in [-0.25, -0.2) is 0 Å². The largest absolute Gasteiger partial charge is 0.353 e. The molecular formula is C14H20N4O2. The van der Waals surface area contributed by atoms with Crippen molar-refractivity contribution in [1.82, 2.24) is 10.2 Å². The average molecular weight is 276 g/mol. The molecular weight excluding hydrogens is 256 g/mol. The van der Waals surface area contributed by atoms with Gasteiger partial charge in [-0.2, -0.15) is 0 Å². The van der Waals surface area contributed by atoms with Gasteiger partial charge in [-0.1, -0.05) is 12.1 Å². The van der Waals surface area contributed by atoms with Gasteiger partial charge in [-0.05, 0) is 24.6 Å². The molecule has 0 aromatic heterocycles. The predicted molar refractivity (Wildman–Crippen MR) is 77.0 cm³/mol. The second kappa shape index (κ2) is 6.49. The fourth-order valence-corrected chi connectivity index (χ4v) is 2.21. The Morgan fingerprint density at radius 3 is 3.10 bits per heavy atom. The molecule has 6 heteroatoms. The molecule has 4 N–H and O–H groups in total. The highest BCUT2D eigenvalue weighted by Crippen LogP contribution is 2.11. The number of carbonyl (C=O) groups excluding carboxylic acids is 2. The summed E-state index contributed by atoms with van der Waals surface area (Å²) in [7, 11) is 0. The fraction of sp³-hybridized carbons (Fsp3) is 0.429. The van der Waals surface area contributed by atoms with Crippen molar-refractivity contribution in [2.45, 2.75) is 19.5 Å². The van der Waals surface area contributed by atoms with Crippen LogP contribution in [-0.4, -0.2) is 42.4 Å². The molecule has 1 aliphatic rings.